The van der Waals surface area contributed by atoms with Gasteiger partial charge < -0.3 is 15.4 Å². The number of ether oxygens (including phenoxy) is 1. The average Bonchev–Trinajstić information content (AvgIpc) is 2.61. The van der Waals surface area contributed by atoms with Crippen LogP contribution in [0.2, 0.25) is 5.02 Å². The third kappa shape index (κ3) is 5.55. The van der Waals surface area contributed by atoms with Crippen molar-refractivity contribution in [2.24, 2.45) is 4.99 Å². The van der Waals surface area contributed by atoms with Crippen molar-refractivity contribution in [3.05, 3.63) is 70.2 Å². The van der Waals surface area contributed by atoms with Gasteiger partial charge in [0.2, 0.25) is 0 Å². The summed E-state index contributed by atoms with van der Waals surface area (Å²) in [5.74, 6) is 0.772. The van der Waals surface area contributed by atoms with Crippen molar-refractivity contribution in [1.82, 2.24) is 10.6 Å². The van der Waals surface area contributed by atoms with Gasteiger partial charge in [0.1, 0.15) is 0 Å². The molecule has 5 heteroatoms. The van der Waals surface area contributed by atoms with Crippen LogP contribution < -0.4 is 10.6 Å². The number of benzene rings is 2. The van der Waals surface area contributed by atoms with Crippen LogP contribution in [0.1, 0.15) is 16.7 Å². The van der Waals surface area contributed by atoms with E-state index < -0.39 is 0 Å². The second kappa shape index (κ2) is 9.96. The van der Waals surface area contributed by atoms with E-state index in [1.54, 1.807) is 14.2 Å². The number of hydrogen-bond donors (Lipinski definition) is 2. The molecule has 0 atom stereocenters. The second-order valence-corrected chi connectivity index (χ2v) is 5.80. The van der Waals surface area contributed by atoms with Gasteiger partial charge in [-0.05, 0) is 29.2 Å². The molecule has 0 aliphatic heterocycles. The maximum absolute atomic E-state index is 6.18. The SMILES string of the molecule is CN=C(NCCc1ccccc1Cl)NCc1ccccc1COC. The van der Waals surface area contributed by atoms with E-state index in [0.29, 0.717) is 13.2 Å². The summed E-state index contributed by atoms with van der Waals surface area (Å²) in [7, 11) is 3.48. The number of guanidine groups is 1. The summed E-state index contributed by atoms with van der Waals surface area (Å²) in [4.78, 5) is 4.26. The molecular weight excluding hydrogens is 322 g/mol. The summed E-state index contributed by atoms with van der Waals surface area (Å²) in [6, 6.07) is 16.1. The van der Waals surface area contributed by atoms with Gasteiger partial charge >= 0.3 is 0 Å². The first-order chi connectivity index (χ1) is 11.7. The fourth-order valence-electron chi connectivity index (χ4n) is 2.44. The summed E-state index contributed by atoms with van der Waals surface area (Å²) in [6.45, 7) is 2.07. The van der Waals surface area contributed by atoms with Crippen molar-refractivity contribution in [2.45, 2.75) is 19.6 Å². The number of methoxy groups -OCH3 is 1. The van der Waals surface area contributed by atoms with E-state index in [1.165, 1.54) is 11.1 Å². The van der Waals surface area contributed by atoms with E-state index in [2.05, 4.69) is 27.8 Å². The molecule has 24 heavy (non-hydrogen) atoms. The van der Waals surface area contributed by atoms with Gasteiger partial charge in [-0.25, -0.2) is 0 Å². The molecule has 128 valence electrons. The van der Waals surface area contributed by atoms with Crippen LogP contribution in [-0.4, -0.2) is 26.7 Å². The molecule has 0 aliphatic rings. The molecule has 0 unspecified atom stereocenters. The van der Waals surface area contributed by atoms with Crippen LogP contribution in [0.15, 0.2) is 53.5 Å². The Kier molecular flexibility index (Phi) is 7.59. The molecule has 2 aromatic carbocycles. The van der Waals surface area contributed by atoms with Crippen molar-refractivity contribution in [3.63, 3.8) is 0 Å². The Morgan fingerprint density at radius 1 is 1.00 bits per heavy atom. The zero-order chi connectivity index (χ0) is 17.2. The smallest absolute Gasteiger partial charge is 0.191 e. The molecule has 0 bridgehead atoms. The number of rotatable bonds is 7. The molecule has 0 saturated heterocycles. The maximum atomic E-state index is 6.18. The summed E-state index contributed by atoms with van der Waals surface area (Å²) in [6.07, 6.45) is 0.848. The highest BCUT2D eigenvalue weighted by Crippen LogP contribution is 2.14. The number of aliphatic imine (C=N–C) groups is 1. The van der Waals surface area contributed by atoms with Gasteiger partial charge in [-0.2, -0.15) is 0 Å². The minimum Gasteiger partial charge on any atom is -0.380 e. The van der Waals surface area contributed by atoms with Gasteiger partial charge in [0, 0.05) is 32.3 Å². The Labute approximate surface area is 148 Å². The number of halogens is 1. The van der Waals surface area contributed by atoms with E-state index in [9.17, 15) is 0 Å². The van der Waals surface area contributed by atoms with Crippen LogP contribution in [0.4, 0.5) is 0 Å². The zero-order valence-electron chi connectivity index (χ0n) is 14.2. The van der Waals surface area contributed by atoms with Gasteiger partial charge in [0.15, 0.2) is 5.96 Å². The summed E-state index contributed by atoms with van der Waals surface area (Å²) >= 11 is 6.18. The molecular formula is C19H24ClN3O. The van der Waals surface area contributed by atoms with Crippen molar-refractivity contribution in [2.75, 3.05) is 20.7 Å². The maximum Gasteiger partial charge on any atom is 0.191 e. The largest absolute Gasteiger partial charge is 0.380 e. The molecule has 0 aliphatic carbocycles. The Hall–Kier alpha value is -2.04. The lowest BCUT2D eigenvalue weighted by molar-refractivity contribution is 0.184. The van der Waals surface area contributed by atoms with E-state index in [1.807, 2.05) is 36.4 Å². The van der Waals surface area contributed by atoms with Crippen LogP contribution in [0, 0.1) is 0 Å². The highest BCUT2D eigenvalue weighted by Gasteiger charge is 2.04. The Balaban J connectivity index is 1.84. The van der Waals surface area contributed by atoms with Crippen LogP contribution in [0.5, 0.6) is 0 Å². The molecule has 0 amide bonds. The van der Waals surface area contributed by atoms with Crippen molar-refractivity contribution >= 4 is 17.6 Å². The predicted octanol–water partition coefficient (Wildman–Crippen LogP) is 3.39. The molecule has 0 aromatic heterocycles. The van der Waals surface area contributed by atoms with Crippen LogP contribution in [0.25, 0.3) is 0 Å². The molecule has 2 aromatic rings. The molecule has 2 rings (SSSR count). The second-order valence-electron chi connectivity index (χ2n) is 5.40. The normalized spacial score (nSPS) is 11.4. The predicted molar refractivity (Wildman–Crippen MR) is 101 cm³/mol. The molecule has 0 heterocycles. The lowest BCUT2D eigenvalue weighted by Crippen LogP contribution is -2.38. The van der Waals surface area contributed by atoms with Crippen molar-refractivity contribution < 1.29 is 4.74 Å². The molecule has 4 nitrogen and oxygen atoms in total. The lowest BCUT2D eigenvalue weighted by atomic mass is 10.1. The first kappa shape index (κ1) is 18.3. The van der Waals surface area contributed by atoms with Crippen LogP contribution in [-0.2, 0) is 24.3 Å². The van der Waals surface area contributed by atoms with Gasteiger partial charge in [0.05, 0.1) is 6.61 Å². The van der Waals surface area contributed by atoms with E-state index >= 15 is 0 Å². The van der Waals surface area contributed by atoms with Crippen LogP contribution in [0.3, 0.4) is 0 Å². The Bertz CT molecular complexity index is 673. The quantitative estimate of drug-likeness (QED) is 0.597. The monoisotopic (exact) mass is 345 g/mol. The number of nitrogens with zero attached hydrogens (tertiary/aromatic N) is 1. The summed E-state index contributed by atoms with van der Waals surface area (Å²) in [5.41, 5.74) is 3.51. The van der Waals surface area contributed by atoms with E-state index in [0.717, 1.165) is 29.5 Å². The van der Waals surface area contributed by atoms with Gasteiger partial charge in [-0.1, -0.05) is 54.1 Å². The zero-order valence-corrected chi connectivity index (χ0v) is 14.9. The highest BCUT2D eigenvalue weighted by molar-refractivity contribution is 6.31. The summed E-state index contributed by atoms with van der Waals surface area (Å²) < 4.78 is 5.24. The molecule has 0 spiro atoms. The Morgan fingerprint density at radius 3 is 2.33 bits per heavy atom. The van der Waals surface area contributed by atoms with Gasteiger partial charge in [0.25, 0.3) is 0 Å². The highest BCUT2D eigenvalue weighted by atomic mass is 35.5. The Morgan fingerprint density at radius 2 is 1.67 bits per heavy atom. The van der Waals surface area contributed by atoms with Crippen LogP contribution >= 0.6 is 11.6 Å². The van der Waals surface area contributed by atoms with Crippen molar-refractivity contribution in [3.8, 4) is 0 Å². The first-order valence-electron chi connectivity index (χ1n) is 7.98. The minimum atomic E-state index is 0.608. The minimum absolute atomic E-state index is 0.608. The third-order valence-corrected chi connectivity index (χ3v) is 4.10. The molecule has 0 fully saturated rings. The molecule has 2 N–H and O–H groups in total. The fourth-order valence-corrected chi connectivity index (χ4v) is 2.67. The van der Waals surface area contributed by atoms with Gasteiger partial charge in [-0.15, -0.1) is 0 Å². The molecule has 0 radical (unpaired) electrons. The van der Waals surface area contributed by atoms with Gasteiger partial charge in [-0.3, -0.25) is 4.99 Å². The number of hydrogen-bond acceptors (Lipinski definition) is 2. The topological polar surface area (TPSA) is 45.7 Å². The summed E-state index contributed by atoms with van der Waals surface area (Å²) in [5, 5.41) is 7.45. The fraction of sp³-hybridized carbons (Fsp3) is 0.316. The average molecular weight is 346 g/mol. The lowest BCUT2D eigenvalue weighted by Gasteiger charge is -2.14. The number of nitrogens with one attached hydrogen (secondary N) is 2. The van der Waals surface area contributed by atoms with E-state index in [4.69, 9.17) is 16.3 Å². The third-order valence-electron chi connectivity index (χ3n) is 3.73. The first-order valence-corrected chi connectivity index (χ1v) is 8.36. The molecule has 0 saturated carbocycles. The van der Waals surface area contributed by atoms with E-state index in [-0.39, 0.29) is 0 Å². The van der Waals surface area contributed by atoms with Crippen molar-refractivity contribution in [1.29, 1.82) is 0 Å². The standard InChI is InChI=1S/C19H24ClN3O/c1-21-19(22-12-11-15-7-5-6-10-18(15)20)23-13-16-8-3-4-9-17(16)14-24-2/h3-10H,11-14H2,1-2H3,(H2,21,22,23).